The molecule has 34 heavy (non-hydrogen) atoms. The minimum absolute atomic E-state index is 0.0231. The van der Waals surface area contributed by atoms with Crippen LogP contribution in [-0.2, 0) is 13.5 Å². The maximum Gasteiger partial charge on any atom is 0.296 e. The third-order valence-corrected chi connectivity index (χ3v) is 5.74. The number of aliphatic hydroxyl groups excluding tert-OH is 1. The van der Waals surface area contributed by atoms with Crippen molar-refractivity contribution in [2.24, 2.45) is 7.05 Å². The maximum absolute atomic E-state index is 13.1. The van der Waals surface area contributed by atoms with Crippen LogP contribution in [0.25, 0.3) is 0 Å². The van der Waals surface area contributed by atoms with Crippen LogP contribution in [0.15, 0.2) is 47.7 Å². The van der Waals surface area contributed by atoms with Gasteiger partial charge in [-0.15, -0.1) is 0 Å². The second-order valence-electron chi connectivity index (χ2n) is 8.03. The fourth-order valence-corrected chi connectivity index (χ4v) is 3.97. The van der Waals surface area contributed by atoms with E-state index in [0.29, 0.717) is 5.56 Å². The third-order valence-electron chi connectivity index (χ3n) is 5.74. The van der Waals surface area contributed by atoms with Gasteiger partial charge in [0, 0.05) is 38.8 Å². The number of β-amino-alcohol motifs (C(OH)–C–C–N with tert-alkyl or cyclic N) is 1. The second-order valence-corrected chi connectivity index (χ2v) is 8.03. The maximum atomic E-state index is 13.1. The van der Waals surface area contributed by atoms with E-state index in [1.165, 1.54) is 42.7 Å². The number of aromatic hydroxyl groups is 1. The first-order valence-corrected chi connectivity index (χ1v) is 10.6. The molecule has 0 saturated carbocycles. The number of carbonyl (C=O) groups is 2. The molecule has 0 spiro atoms. The number of likely N-dealkylation sites (tertiary alicyclic amines) is 1. The van der Waals surface area contributed by atoms with E-state index in [1.54, 1.807) is 12.1 Å². The zero-order valence-electron chi connectivity index (χ0n) is 18.3. The summed E-state index contributed by atoms with van der Waals surface area (Å²) in [4.78, 5) is 52.0. The highest BCUT2D eigenvalue weighted by molar-refractivity contribution is 5.96. The number of ketones is 1. The van der Waals surface area contributed by atoms with E-state index in [0.717, 1.165) is 4.57 Å². The summed E-state index contributed by atoms with van der Waals surface area (Å²) in [5.74, 6) is -2.22. The topological polar surface area (TPSA) is 139 Å². The second kappa shape index (κ2) is 9.48. The monoisotopic (exact) mass is 467 g/mol. The molecule has 0 bridgehead atoms. The Bertz CT molecular complexity index is 1280. The minimum atomic E-state index is -0.881. The quantitative estimate of drug-likeness (QED) is 0.516. The highest BCUT2D eigenvalue weighted by Gasteiger charge is 2.39. The SMILES string of the molecule is Cn1c(C2CC(O)CN2C(=O)c2cnccn2)nc(C(=O)CCc2ccc(F)cc2)c(O)c1=O. The Kier molecular flexibility index (Phi) is 6.46. The molecule has 1 aliphatic heterocycles. The van der Waals surface area contributed by atoms with Crippen molar-refractivity contribution in [3.05, 3.63) is 81.8 Å². The van der Waals surface area contributed by atoms with E-state index in [2.05, 4.69) is 15.0 Å². The van der Waals surface area contributed by atoms with Crippen molar-refractivity contribution in [3.63, 3.8) is 0 Å². The van der Waals surface area contributed by atoms with Crippen molar-refractivity contribution in [3.8, 4) is 5.75 Å². The van der Waals surface area contributed by atoms with Crippen LogP contribution in [0.2, 0.25) is 0 Å². The van der Waals surface area contributed by atoms with Crippen LogP contribution in [0.5, 0.6) is 5.75 Å². The molecule has 3 aromatic rings. The number of rotatable bonds is 6. The number of amides is 1. The molecule has 2 N–H and O–H groups in total. The summed E-state index contributed by atoms with van der Waals surface area (Å²) in [6, 6.07) is 4.81. The van der Waals surface area contributed by atoms with Gasteiger partial charge in [-0.2, -0.15) is 0 Å². The summed E-state index contributed by atoms with van der Waals surface area (Å²) in [6.45, 7) is -0.0231. The fraction of sp³-hybridized carbons (Fsp3) is 0.304. The van der Waals surface area contributed by atoms with Crippen molar-refractivity contribution < 1.29 is 24.2 Å². The van der Waals surface area contributed by atoms with Crippen molar-refractivity contribution in [1.82, 2.24) is 24.4 Å². The number of nitrogens with zero attached hydrogens (tertiary/aromatic N) is 5. The van der Waals surface area contributed by atoms with Crippen LogP contribution >= 0.6 is 0 Å². The first-order chi connectivity index (χ1) is 16.3. The molecule has 1 saturated heterocycles. The Labute approximate surface area is 193 Å². The molecule has 1 fully saturated rings. The van der Waals surface area contributed by atoms with Gasteiger partial charge in [0.1, 0.15) is 17.3 Å². The zero-order chi connectivity index (χ0) is 24.4. The number of aromatic nitrogens is 4. The Hall–Kier alpha value is -3.99. The van der Waals surface area contributed by atoms with Gasteiger partial charge in [-0.3, -0.25) is 23.9 Å². The van der Waals surface area contributed by atoms with Gasteiger partial charge < -0.3 is 15.1 Å². The summed E-state index contributed by atoms with van der Waals surface area (Å²) >= 11 is 0. The number of Topliss-reactive ketones (excluding diaryl/α,β-unsaturated/α-hetero) is 1. The predicted octanol–water partition coefficient (Wildman–Crippen LogP) is 1.18. The van der Waals surface area contributed by atoms with Gasteiger partial charge in [0.25, 0.3) is 11.5 Å². The van der Waals surface area contributed by atoms with Crippen LogP contribution < -0.4 is 5.56 Å². The van der Waals surface area contributed by atoms with Crippen molar-refractivity contribution in [2.75, 3.05) is 6.54 Å². The lowest BCUT2D eigenvalue weighted by Crippen LogP contribution is -2.36. The fourth-order valence-electron chi connectivity index (χ4n) is 3.97. The van der Waals surface area contributed by atoms with E-state index in [9.17, 15) is 29.0 Å². The molecule has 2 atom stereocenters. The summed E-state index contributed by atoms with van der Waals surface area (Å²) in [6.07, 6.45) is 3.45. The Morgan fingerprint density at radius 1 is 1.21 bits per heavy atom. The van der Waals surface area contributed by atoms with E-state index in [-0.39, 0.29) is 37.3 Å². The van der Waals surface area contributed by atoms with Crippen molar-refractivity contribution in [2.45, 2.75) is 31.4 Å². The number of aliphatic hydroxyl groups is 1. The van der Waals surface area contributed by atoms with E-state index in [1.807, 2.05) is 0 Å². The van der Waals surface area contributed by atoms with Gasteiger partial charge in [-0.25, -0.2) is 14.4 Å². The number of halogens is 1. The van der Waals surface area contributed by atoms with Crippen LogP contribution in [0.3, 0.4) is 0 Å². The average Bonchev–Trinajstić information content (AvgIpc) is 3.23. The summed E-state index contributed by atoms with van der Waals surface area (Å²) in [5.41, 5.74) is -0.490. The number of benzene rings is 1. The molecule has 2 aromatic heterocycles. The average molecular weight is 467 g/mol. The van der Waals surface area contributed by atoms with Gasteiger partial charge in [0.15, 0.2) is 11.5 Å². The molecule has 0 radical (unpaired) electrons. The normalized spacial score (nSPS) is 17.7. The molecule has 1 aromatic carbocycles. The predicted molar refractivity (Wildman–Crippen MR) is 117 cm³/mol. The lowest BCUT2D eigenvalue weighted by Gasteiger charge is -2.25. The highest BCUT2D eigenvalue weighted by Crippen LogP contribution is 2.32. The smallest absolute Gasteiger partial charge is 0.296 e. The van der Waals surface area contributed by atoms with E-state index in [4.69, 9.17) is 0 Å². The summed E-state index contributed by atoms with van der Waals surface area (Å²) in [5, 5.41) is 20.6. The molecule has 10 nitrogen and oxygen atoms in total. The van der Waals surface area contributed by atoms with Crippen LogP contribution in [-0.4, -0.2) is 59.0 Å². The number of carbonyl (C=O) groups excluding carboxylic acids is 2. The Morgan fingerprint density at radius 2 is 1.94 bits per heavy atom. The number of aryl methyl sites for hydroxylation is 1. The standard InChI is InChI=1S/C23H22FN5O5/c1-28-21(17-10-15(30)12-29(17)22(33)16-11-25-8-9-26-16)27-19(20(32)23(28)34)18(31)7-4-13-2-5-14(24)6-3-13/h2-3,5-6,8-9,11,15,17,30,32H,4,7,10,12H2,1H3. The lowest BCUT2D eigenvalue weighted by atomic mass is 10.1. The molecular weight excluding hydrogens is 445 g/mol. The minimum Gasteiger partial charge on any atom is -0.501 e. The number of hydrogen-bond acceptors (Lipinski definition) is 8. The summed E-state index contributed by atoms with van der Waals surface area (Å²) < 4.78 is 14.2. The van der Waals surface area contributed by atoms with Crippen LogP contribution in [0, 0.1) is 5.82 Å². The summed E-state index contributed by atoms with van der Waals surface area (Å²) in [7, 11) is 1.37. The van der Waals surface area contributed by atoms with Crippen LogP contribution in [0.4, 0.5) is 4.39 Å². The Morgan fingerprint density at radius 3 is 2.62 bits per heavy atom. The number of hydrogen-bond donors (Lipinski definition) is 2. The van der Waals surface area contributed by atoms with Crippen molar-refractivity contribution >= 4 is 11.7 Å². The van der Waals surface area contributed by atoms with Gasteiger partial charge in [-0.1, -0.05) is 12.1 Å². The third kappa shape index (κ3) is 4.55. The molecule has 0 aliphatic carbocycles. The highest BCUT2D eigenvalue weighted by atomic mass is 19.1. The molecular formula is C23H22FN5O5. The Balaban J connectivity index is 1.65. The van der Waals surface area contributed by atoms with Crippen LogP contribution in [0.1, 0.15) is 51.2 Å². The van der Waals surface area contributed by atoms with E-state index >= 15 is 0 Å². The molecule has 1 amide bonds. The molecule has 1 aliphatic rings. The van der Waals surface area contributed by atoms with Crippen molar-refractivity contribution in [1.29, 1.82) is 0 Å². The molecule has 2 unspecified atom stereocenters. The first kappa shape index (κ1) is 23.2. The molecule has 4 rings (SSSR count). The largest absolute Gasteiger partial charge is 0.501 e. The molecule has 3 heterocycles. The first-order valence-electron chi connectivity index (χ1n) is 10.6. The molecule has 176 valence electrons. The van der Waals surface area contributed by atoms with Gasteiger partial charge in [0.05, 0.1) is 18.3 Å². The van der Waals surface area contributed by atoms with Gasteiger partial charge in [-0.05, 0) is 24.1 Å². The molecule has 11 heteroatoms. The van der Waals surface area contributed by atoms with Gasteiger partial charge >= 0.3 is 0 Å². The zero-order valence-corrected chi connectivity index (χ0v) is 18.3. The van der Waals surface area contributed by atoms with Gasteiger partial charge in [0.2, 0.25) is 5.75 Å². The van der Waals surface area contributed by atoms with E-state index < -0.39 is 46.7 Å². The lowest BCUT2D eigenvalue weighted by molar-refractivity contribution is 0.0701.